The van der Waals surface area contributed by atoms with Gasteiger partial charge in [-0.25, -0.2) is 9.67 Å². The minimum atomic E-state index is -0.279. The van der Waals surface area contributed by atoms with Gasteiger partial charge in [-0.1, -0.05) is 53.7 Å². The van der Waals surface area contributed by atoms with Crippen LogP contribution in [0.4, 0.5) is 0 Å². The second-order valence-corrected chi connectivity index (χ2v) is 9.36. The van der Waals surface area contributed by atoms with Crippen molar-refractivity contribution in [3.05, 3.63) is 88.3 Å². The van der Waals surface area contributed by atoms with Gasteiger partial charge in [0.2, 0.25) is 0 Å². The zero-order chi connectivity index (χ0) is 24.8. The number of para-hydroxylation sites is 1. The van der Waals surface area contributed by atoms with Gasteiger partial charge >= 0.3 is 0 Å². The first-order valence-corrected chi connectivity index (χ1v) is 12.3. The van der Waals surface area contributed by atoms with Gasteiger partial charge in [0, 0.05) is 35.5 Å². The van der Waals surface area contributed by atoms with E-state index in [9.17, 15) is 9.59 Å². The number of carbonyl (C=O) groups excluding carboxylic acids is 2. The Bertz CT molecular complexity index is 1320. The maximum atomic E-state index is 13.5. The first kappa shape index (κ1) is 24.5. The monoisotopic (exact) mass is 534 g/mol. The number of nitrogens with zero attached hydrogens (tertiary/aromatic N) is 5. The van der Waals surface area contributed by atoms with Crippen LogP contribution in [0.5, 0.6) is 0 Å². The number of rotatable bonds is 9. The summed E-state index contributed by atoms with van der Waals surface area (Å²) in [7, 11) is 0. The van der Waals surface area contributed by atoms with Gasteiger partial charge in [-0.2, -0.15) is 0 Å². The molecule has 0 aliphatic heterocycles. The molecule has 1 N–H and O–H groups in total. The second-order valence-electron chi connectivity index (χ2n) is 8.51. The van der Waals surface area contributed by atoms with Crippen molar-refractivity contribution < 1.29 is 9.59 Å². The molecule has 0 saturated heterocycles. The Balaban J connectivity index is 1.44. The fraction of sp³-hybridized carbons (Fsp3) is 0.269. The van der Waals surface area contributed by atoms with Crippen LogP contribution in [0.2, 0.25) is 0 Å². The Labute approximate surface area is 212 Å². The molecule has 0 fully saturated rings. The fourth-order valence-electron chi connectivity index (χ4n) is 3.64. The minimum absolute atomic E-state index is 0.131. The van der Waals surface area contributed by atoms with Gasteiger partial charge in [0.05, 0.1) is 11.7 Å². The number of carbonyl (C=O) groups is 2. The largest absolute Gasteiger partial charge is 0.351 e. The van der Waals surface area contributed by atoms with E-state index in [1.54, 1.807) is 21.8 Å². The van der Waals surface area contributed by atoms with Crippen molar-refractivity contribution >= 4 is 38.6 Å². The van der Waals surface area contributed by atoms with Crippen molar-refractivity contribution in [2.24, 2.45) is 0 Å². The van der Waals surface area contributed by atoms with Crippen LogP contribution in [0.15, 0.2) is 71.3 Å². The predicted octanol–water partition coefficient (Wildman–Crippen LogP) is 4.63. The van der Waals surface area contributed by atoms with E-state index in [1.165, 1.54) is 0 Å². The van der Waals surface area contributed by atoms with Gasteiger partial charge in [0.1, 0.15) is 5.69 Å². The third-order valence-corrected chi connectivity index (χ3v) is 6.20. The van der Waals surface area contributed by atoms with E-state index in [2.05, 4.69) is 36.5 Å². The van der Waals surface area contributed by atoms with Crippen molar-refractivity contribution in [2.75, 3.05) is 13.1 Å². The lowest BCUT2D eigenvalue weighted by Crippen LogP contribution is -2.34. The lowest BCUT2D eigenvalue weighted by molar-refractivity contribution is 0.0735. The number of nitrogens with one attached hydrogen (secondary N) is 1. The van der Waals surface area contributed by atoms with E-state index in [0.29, 0.717) is 31.7 Å². The average Bonchev–Trinajstić information content (AvgIpc) is 3.37. The number of benzene rings is 2. The van der Waals surface area contributed by atoms with Crippen molar-refractivity contribution in [3.63, 3.8) is 0 Å². The van der Waals surface area contributed by atoms with Crippen molar-refractivity contribution in [3.8, 4) is 0 Å². The summed E-state index contributed by atoms with van der Waals surface area (Å²) < 4.78 is 2.49. The van der Waals surface area contributed by atoms with Gasteiger partial charge in [-0.15, -0.1) is 5.10 Å². The Morgan fingerprint density at radius 2 is 1.83 bits per heavy atom. The molecule has 0 spiro atoms. The minimum Gasteiger partial charge on any atom is -0.351 e. The van der Waals surface area contributed by atoms with Gasteiger partial charge in [0.15, 0.2) is 5.69 Å². The summed E-state index contributed by atoms with van der Waals surface area (Å²) in [5.41, 5.74) is 2.44. The summed E-state index contributed by atoms with van der Waals surface area (Å²) >= 11 is 3.53. The summed E-state index contributed by atoms with van der Waals surface area (Å²) in [5, 5.41) is 11.7. The second kappa shape index (κ2) is 11.2. The van der Waals surface area contributed by atoms with Crippen LogP contribution < -0.4 is 5.32 Å². The van der Waals surface area contributed by atoms with Gasteiger partial charge < -0.3 is 10.2 Å². The molecular formula is C26H27BrN6O2. The molecule has 0 radical (unpaired) electrons. The predicted molar refractivity (Wildman–Crippen MR) is 138 cm³/mol. The van der Waals surface area contributed by atoms with E-state index < -0.39 is 0 Å². The van der Waals surface area contributed by atoms with Crippen LogP contribution in [0, 0.1) is 0 Å². The molecular weight excluding hydrogens is 508 g/mol. The summed E-state index contributed by atoms with van der Waals surface area (Å²) in [6.45, 7) is 5.26. The van der Waals surface area contributed by atoms with Gasteiger partial charge in [-0.3, -0.25) is 9.59 Å². The van der Waals surface area contributed by atoms with Gasteiger partial charge in [-0.05, 0) is 53.9 Å². The zero-order valence-electron chi connectivity index (χ0n) is 19.7. The maximum Gasteiger partial charge on any atom is 0.273 e. The molecule has 0 aliphatic rings. The van der Waals surface area contributed by atoms with Crippen LogP contribution in [0.3, 0.4) is 0 Å². The number of fused-ring (bicyclic) bond motifs is 1. The van der Waals surface area contributed by atoms with E-state index >= 15 is 0 Å². The third-order valence-electron chi connectivity index (χ3n) is 5.56. The number of aromatic nitrogens is 4. The number of hydrogen-bond acceptors (Lipinski definition) is 5. The molecule has 4 aromatic rings. The number of halogens is 1. The van der Waals surface area contributed by atoms with Gasteiger partial charge in [0.25, 0.3) is 11.8 Å². The van der Waals surface area contributed by atoms with Crippen molar-refractivity contribution in [1.82, 2.24) is 30.2 Å². The van der Waals surface area contributed by atoms with E-state index in [-0.39, 0.29) is 23.6 Å². The first-order chi connectivity index (χ1) is 16.9. The Kier molecular flexibility index (Phi) is 7.87. The fourth-order valence-corrected chi connectivity index (χ4v) is 4.11. The zero-order valence-corrected chi connectivity index (χ0v) is 21.3. The molecule has 2 aromatic heterocycles. The molecule has 2 amide bonds. The Hall–Kier alpha value is -3.59. The molecule has 0 bridgehead atoms. The summed E-state index contributed by atoms with van der Waals surface area (Å²) in [6.07, 6.45) is 2.22. The molecule has 0 unspecified atom stereocenters. The molecule has 180 valence electrons. The third kappa shape index (κ3) is 6.10. The lowest BCUT2D eigenvalue weighted by Gasteiger charge is -2.23. The molecule has 0 aliphatic carbocycles. The average molecular weight is 535 g/mol. The quantitative estimate of drug-likeness (QED) is 0.316. The molecule has 8 nitrogen and oxygen atoms in total. The van der Waals surface area contributed by atoms with Crippen molar-refractivity contribution in [1.29, 1.82) is 0 Å². The molecule has 2 heterocycles. The standard InChI is InChI=1S/C26H27BrN6O2/c1-18(2)33-17-23(30-31-33)25(34)28-14-7-15-32(16-19-8-4-3-5-9-19)26(35)22-13-12-20-10-6-11-21(27)24(20)29-22/h3-6,8-13,17-18H,7,14-16H2,1-2H3,(H,28,34). The molecule has 0 saturated carbocycles. The molecule has 0 atom stereocenters. The summed E-state index contributed by atoms with van der Waals surface area (Å²) in [4.78, 5) is 32.3. The summed E-state index contributed by atoms with van der Waals surface area (Å²) in [6, 6.07) is 19.4. The highest BCUT2D eigenvalue weighted by atomic mass is 79.9. The number of pyridine rings is 1. The SMILES string of the molecule is CC(C)n1cc(C(=O)NCCCN(Cc2ccccc2)C(=O)c2ccc3cccc(Br)c3n2)nn1. The smallest absolute Gasteiger partial charge is 0.273 e. The van der Waals surface area contributed by atoms with E-state index in [0.717, 1.165) is 20.9 Å². The highest BCUT2D eigenvalue weighted by molar-refractivity contribution is 9.10. The van der Waals surface area contributed by atoms with Crippen molar-refractivity contribution in [2.45, 2.75) is 32.9 Å². The Morgan fingerprint density at radius 1 is 1.03 bits per heavy atom. The van der Waals surface area contributed by atoms with Crippen LogP contribution in [0.1, 0.15) is 52.9 Å². The van der Waals surface area contributed by atoms with Crippen LogP contribution in [-0.2, 0) is 6.54 Å². The molecule has 2 aromatic carbocycles. The highest BCUT2D eigenvalue weighted by Crippen LogP contribution is 2.23. The maximum absolute atomic E-state index is 13.5. The number of hydrogen-bond donors (Lipinski definition) is 1. The van der Waals surface area contributed by atoms with E-state index in [1.807, 2.05) is 68.4 Å². The molecule has 35 heavy (non-hydrogen) atoms. The Morgan fingerprint density at radius 3 is 2.57 bits per heavy atom. The molecule has 9 heteroatoms. The first-order valence-electron chi connectivity index (χ1n) is 11.5. The van der Waals surface area contributed by atoms with Crippen LogP contribution in [0.25, 0.3) is 10.9 Å². The normalized spacial score (nSPS) is 11.1. The topological polar surface area (TPSA) is 93.0 Å². The number of amides is 2. The summed E-state index contributed by atoms with van der Waals surface area (Å²) in [5.74, 6) is -0.434. The van der Waals surface area contributed by atoms with E-state index in [4.69, 9.17) is 0 Å². The van der Waals surface area contributed by atoms with Crippen LogP contribution in [-0.4, -0.2) is 49.8 Å². The highest BCUT2D eigenvalue weighted by Gasteiger charge is 2.19. The lowest BCUT2D eigenvalue weighted by atomic mass is 10.1. The van der Waals surface area contributed by atoms with Crippen LogP contribution >= 0.6 is 15.9 Å². The molecule has 4 rings (SSSR count).